The number of nitrogens with zero attached hydrogens (tertiary/aromatic N) is 2. The van der Waals surface area contributed by atoms with Gasteiger partial charge in [0, 0.05) is 28.3 Å². The predicted octanol–water partition coefficient (Wildman–Crippen LogP) is 5.71. The van der Waals surface area contributed by atoms with Crippen molar-refractivity contribution in [1.82, 2.24) is 9.55 Å². The smallest absolute Gasteiger partial charge is 0.332 e. The minimum absolute atomic E-state index is 0.307. The second-order valence-electron chi connectivity index (χ2n) is 6.96. The molecule has 0 aliphatic carbocycles. The highest BCUT2D eigenvalue weighted by molar-refractivity contribution is 7.13. The second kappa shape index (κ2) is 10.5. The molecule has 0 amide bonds. The molecule has 0 radical (unpaired) electrons. The van der Waals surface area contributed by atoms with Gasteiger partial charge in [-0.3, -0.25) is 0 Å². The second-order valence-corrected chi connectivity index (χ2v) is 8.49. The standard InChI is InChI=1S/C23H25ClN2O3S/c1-3-4-9-21-25-14-18(26(21)15-16-7-5-6-8-20(16)24)12-17(23(27)28)13-19-10-11-22(29-2)30-19/h5-8,10-12,14H,3-4,9,13,15H2,1-2H3,(H,27,28). The van der Waals surface area contributed by atoms with Crippen LogP contribution in [0.1, 0.15) is 41.7 Å². The molecular formula is C23H25ClN2O3S. The van der Waals surface area contributed by atoms with Gasteiger partial charge in [0.25, 0.3) is 0 Å². The maximum atomic E-state index is 11.9. The summed E-state index contributed by atoms with van der Waals surface area (Å²) in [5.41, 5.74) is 2.05. The van der Waals surface area contributed by atoms with Gasteiger partial charge in [-0.2, -0.15) is 0 Å². The number of benzene rings is 1. The molecule has 0 aliphatic heterocycles. The Morgan fingerprint density at radius 3 is 2.77 bits per heavy atom. The van der Waals surface area contributed by atoms with Crippen LogP contribution in [0.4, 0.5) is 0 Å². The number of aryl methyl sites for hydroxylation is 1. The van der Waals surface area contributed by atoms with E-state index in [-0.39, 0.29) is 0 Å². The van der Waals surface area contributed by atoms with Gasteiger partial charge in [0.1, 0.15) is 5.82 Å². The van der Waals surface area contributed by atoms with Crippen LogP contribution < -0.4 is 4.74 Å². The van der Waals surface area contributed by atoms with Crippen molar-refractivity contribution < 1.29 is 14.6 Å². The number of aliphatic carboxylic acids is 1. The van der Waals surface area contributed by atoms with Crippen LogP contribution >= 0.6 is 22.9 Å². The Kier molecular flexibility index (Phi) is 7.71. The first kappa shape index (κ1) is 22.1. The summed E-state index contributed by atoms with van der Waals surface area (Å²) >= 11 is 7.82. The van der Waals surface area contributed by atoms with E-state index in [2.05, 4.69) is 16.5 Å². The zero-order chi connectivity index (χ0) is 21.5. The zero-order valence-corrected chi connectivity index (χ0v) is 18.7. The Labute approximate surface area is 185 Å². The van der Waals surface area contributed by atoms with Gasteiger partial charge in [-0.05, 0) is 36.3 Å². The van der Waals surface area contributed by atoms with Gasteiger partial charge in [0.2, 0.25) is 0 Å². The highest BCUT2D eigenvalue weighted by atomic mass is 35.5. The summed E-state index contributed by atoms with van der Waals surface area (Å²) < 4.78 is 7.28. The zero-order valence-electron chi connectivity index (χ0n) is 17.1. The Morgan fingerprint density at radius 1 is 1.30 bits per heavy atom. The summed E-state index contributed by atoms with van der Waals surface area (Å²) in [5, 5.41) is 11.2. The van der Waals surface area contributed by atoms with Crippen molar-refractivity contribution in [2.24, 2.45) is 0 Å². The van der Waals surface area contributed by atoms with Gasteiger partial charge in [-0.1, -0.05) is 43.1 Å². The first-order chi connectivity index (χ1) is 14.5. The van der Waals surface area contributed by atoms with Crippen molar-refractivity contribution in [3.63, 3.8) is 0 Å². The number of carbonyl (C=O) groups is 1. The van der Waals surface area contributed by atoms with E-state index in [4.69, 9.17) is 16.3 Å². The molecule has 1 N–H and O–H groups in total. The van der Waals surface area contributed by atoms with Crippen LogP contribution in [0.2, 0.25) is 5.02 Å². The van der Waals surface area contributed by atoms with Gasteiger partial charge in [0.15, 0.2) is 5.06 Å². The fraction of sp³-hybridized carbons (Fsp3) is 0.304. The maximum absolute atomic E-state index is 11.9. The van der Waals surface area contributed by atoms with Crippen LogP contribution in [0.3, 0.4) is 0 Å². The molecule has 0 fully saturated rings. The number of methoxy groups -OCH3 is 1. The molecule has 0 aliphatic rings. The van der Waals surface area contributed by atoms with E-state index in [0.717, 1.165) is 46.3 Å². The summed E-state index contributed by atoms with van der Waals surface area (Å²) in [7, 11) is 1.61. The lowest BCUT2D eigenvalue weighted by Gasteiger charge is -2.12. The molecule has 0 unspecified atom stereocenters. The first-order valence-corrected chi connectivity index (χ1v) is 11.1. The lowest BCUT2D eigenvalue weighted by atomic mass is 10.1. The number of carboxylic acid groups (broad SMARTS) is 1. The number of hydrogen-bond donors (Lipinski definition) is 1. The number of imidazole rings is 1. The molecule has 5 nitrogen and oxygen atoms in total. The largest absolute Gasteiger partial charge is 0.487 e. The molecule has 3 rings (SSSR count). The van der Waals surface area contributed by atoms with Crippen LogP contribution in [-0.4, -0.2) is 27.7 Å². The van der Waals surface area contributed by atoms with Crippen LogP contribution in [0.15, 0.2) is 48.2 Å². The fourth-order valence-electron chi connectivity index (χ4n) is 3.18. The Hall–Kier alpha value is -2.57. The SMILES string of the molecule is CCCCc1ncc(C=C(Cc2ccc(OC)s2)C(=O)O)n1Cc1ccccc1Cl. The van der Waals surface area contributed by atoms with E-state index in [9.17, 15) is 9.90 Å². The highest BCUT2D eigenvalue weighted by Gasteiger charge is 2.15. The summed E-state index contributed by atoms with van der Waals surface area (Å²) in [6, 6.07) is 11.4. The third-order valence-corrected chi connectivity index (χ3v) is 6.22. The summed E-state index contributed by atoms with van der Waals surface area (Å²) in [5.74, 6) is -0.00600. The van der Waals surface area contributed by atoms with Gasteiger partial charge in [0.05, 0.1) is 25.5 Å². The van der Waals surface area contributed by atoms with Gasteiger partial charge in [-0.15, -0.1) is 11.3 Å². The Balaban J connectivity index is 1.96. The third-order valence-electron chi connectivity index (χ3n) is 4.81. The van der Waals surface area contributed by atoms with Crippen molar-refractivity contribution in [3.8, 4) is 5.06 Å². The Morgan fingerprint density at radius 2 is 2.10 bits per heavy atom. The number of thiophene rings is 1. The molecule has 158 valence electrons. The average Bonchev–Trinajstić information content (AvgIpc) is 3.34. The van der Waals surface area contributed by atoms with Crippen molar-refractivity contribution in [3.05, 3.63) is 75.1 Å². The average molecular weight is 445 g/mol. The molecule has 2 aromatic heterocycles. The number of hydrogen-bond acceptors (Lipinski definition) is 4. The highest BCUT2D eigenvalue weighted by Crippen LogP contribution is 2.27. The van der Waals surface area contributed by atoms with Crippen LogP contribution in [0.25, 0.3) is 6.08 Å². The van der Waals surface area contributed by atoms with Crippen molar-refractivity contribution in [1.29, 1.82) is 0 Å². The lowest BCUT2D eigenvalue weighted by Crippen LogP contribution is -2.09. The number of carboxylic acids is 1. The molecule has 0 bridgehead atoms. The summed E-state index contributed by atoms with van der Waals surface area (Å²) in [6.07, 6.45) is 6.70. The number of halogens is 1. The first-order valence-electron chi connectivity index (χ1n) is 9.86. The molecule has 0 spiro atoms. The van der Waals surface area contributed by atoms with E-state index >= 15 is 0 Å². The maximum Gasteiger partial charge on any atom is 0.332 e. The van der Waals surface area contributed by atoms with Gasteiger partial charge in [-0.25, -0.2) is 9.78 Å². The number of rotatable bonds is 10. The number of unbranched alkanes of at least 4 members (excludes halogenated alkanes) is 1. The summed E-state index contributed by atoms with van der Waals surface area (Å²) in [4.78, 5) is 17.5. The number of ether oxygens (including phenoxy) is 1. The minimum atomic E-state index is -0.942. The molecule has 7 heteroatoms. The third kappa shape index (κ3) is 5.52. The van der Waals surface area contributed by atoms with Gasteiger partial charge >= 0.3 is 5.97 Å². The van der Waals surface area contributed by atoms with E-state index in [1.165, 1.54) is 11.3 Å². The van der Waals surface area contributed by atoms with E-state index in [1.807, 2.05) is 36.4 Å². The van der Waals surface area contributed by atoms with Crippen molar-refractivity contribution >= 4 is 35.0 Å². The van der Waals surface area contributed by atoms with Gasteiger partial charge < -0.3 is 14.4 Å². The van der Waals surface area contributed by atoms with Crippen LogP contribution in [0, 0.1) is 0 Å². The molecule has 0 atom stereocenters. The van der Waals surface area contributed by atoms with Crippen LogP contribution in [0.5, 0.6) is 5.06 Å². The lowest BCUT2D eigenvalue weighted by molar-refractivity contribution is -0.132. The molecule has 30 heavy (non-hydrogen) atoms. The molecule has 2 heterocycles. The topological polar surface area (TPSA) is 64.3 Å². The molecule has 0 saturated heterocycles. The van der Waals surface area contributed by atoms with E-state index in [0.29, 0.717) is 23.6 Å². The fourth-order valence-corrected chi connectivity index (χ4v) is 4.21. The van der Waals surface area contributed by atoms with Crippen molar-refractivity contribution in [2.45, 2.75) is 39.2 Å². The van der Waals surface area contributed by atoms with E-state index in [1.54, 1.807) is 19.4 Å². The quantitative estimate of drug-likeness (QED) is 0.407. The molecule has 3 aromatic rings. The molecule has 0 saturated carbocycles. The predicted molar refractivity (Wildman–Crippen MR) is 122 cm³/mol. The summed E-state index contributed by atoms with van der Waals surface area (Å²) in [6.45, 7) is 2.68. The number of aromatic nitrogens is 2. The van der Waals surface area contributed by atoms with E-state index < -0.39 is 5.97 Å². The van der Waals surface area contributed by atoms with Crippen molar-refractivity contribution in [2.75, 3.05) is 7.11 Å². The Bertz CT molecular complexity index is 1040. The monoisotopic (exact) mass is 444 g/mol. The molecular weight excluding hydrogens is 420 g/mol. The van der Waals surface area contributed by atoms with Crippen LogP contribution in [-0.2, 0) is 24.2 Å². The normalized spacial score (nSPS) is 11.6. The minimum Gasteiger partial charge on any atom is -0.487 e. The molecule has 1 aromatic carbocycles.